The zero-order valence-electron chi connectivity index (χ0n) is 13.7. The fourth-order valence-electron chi connectivity index (χ4n) is 2.40. The Morgan fingerprint density at radius 2 is 1.96 bits per heavy atom. The molecule has 0 unspecified atom stereocenters. The number of ether oxygens (including phenoxy) is 1. The molecule has 0 spiro atoms. The van der Waals surface area contributed by atoms with Crippen LogP contribution in [0.15, 0.2) is 29.3 Å². The maximum Gasteiger partial charge on any atom is 0.291 e. The number of carbonyl (C=O) groups excluding carboxylic acids is 1. The van der Waals surface area contributed by atoms with E-state index in [1.807, 2.05) is 13.8 Å². The molecule has 1 aromatic rings. The minimum Gasteiger partial charge on any atom is -0.462 e. The third-order valence-electron chi connectivity index (χ3n) is 3.54. The molecule has 1 aliphatic heterocycles. The molecular weight excluding hydrogens is 297 g/mol. The lowest BCUT2D eigenvalue weighted by molar-refractivity contribution is 0.0959. The van der Waals surface area contributed by atoms with Gasteiger partial charge in [0.15, 0.2) is 0 Å². The molecule has 1 heterocycles. The van der Waals surface area contributed by atoms with Crippen molar-refractivity contribution in [3.8, 4) is 0 Å². The third kappa shape index (κ3) is 5.98. The lowest BCUT2D eigenvalue weighted by atomic mass is 10.2. The van der Waals surface area contributed by atoms with Gasteiger partial charge in [-0.2, -0.15) is 0 Å². The number of amidine groups is 1. The summed E-state index contributed by atoms with van der Waals surface area (Å²) in [6.07, 6.45) is 2.38. The number of carbonyl (C=O) groups is 1. The molecule has 5 nitrogen and oxygen atoms in total. The summed E-state index contributed by atoms with van der Waals surface area (Å²) in [4.78, 5) is 18.9. The fraction of sp³-hybridized carbons (Fsp3) is 0.529. The third-order valence-corrected chi connectivity index (χ3v) is 3.54. The minimum absolute atomic E-state index is 0.0888. The second-order valence-corrected chi connectivity index (χ2v) is 5.86. The van der Waals surface area contributed by atoms with Gasteiger partial charge in [-0.05, 0) is 64.0 Å². The minimum atomic E-state index is -0.375. The summed E-state index contributed by atoms with van der Waals surface area (Å²) < 4.78 is 18.5. The lowest BCUT2D eigenvalue weighted by Crippen LogP contribution is -2.35. The molecule has 1 fully saturated rings. The van der Waals surface area contributed by atoms with E-state index in [0.717, 1.165) is 19.6 Å². The molecule has 23 heavy (non-hydrogen) atoms. The first-order valence-electron chi connectivity index (χ1n) is 8.05. The molecule has 0 aliphatic carbocycles. The molecule has 0 bridgehead atoms. The van der Waals surface area contributed by atoms with Crippen LogP contribution in [-0.2, 0) is 4.74 Å². The summed E-state index contributed by atoms with van der Waals surface area (Å²) in [6, 6.07) is 5.59. The number of nitrogens with zero attached hydrogens (tertiary/aromatic N) is 2. The Morgan fingerprint density at radius 3 is 2.57 bits per heavy atom. The van der Waals surface area contributed by atoms with Crippen LogP contribution in [0.3, 0.4) is 0 Å². The van der Waals surface area contributed by atoms with Crippen molar-refractivity contribution in [2.45, 2.75) is 32.8 Å². The summed E-state index contributed by atoms with van der Waals surface area (Å²) >= 11 is 0. The van der Waals surface area contributed by atoms with E-state index in [0.29, 0.717) is 12.1 Å². The maximum absolute atomic E-state index is 12.9. The fourth-order valence-corrected chi connectivity index (χ4v) is 2.40. The first-order chi connectivity index (χ1) is 11.0. The molecule has 0 saturated carbocycles. The van der Waals surface area contributed by atoms with E-state index in [9.17, 15) is 9.18 Å². The van der Waals surface area contributed by atoms with Gasteiger partial charge in [0, 0.05) is 12.1 Å². The van der Waals surface area contributed by atoms with Crippen LogP contribution in [0.5, 0.6) is 0 Å². The quantitative estimate of drug-likeness (QED) is 0.669. The van der Waals surface area contributed by atoms with Crippen LogP contribution in [0.25, 0.3) is 0 Å². The van der Waals surface area contributed by atoms with Crippen molar-refractivity contribution in [2.75, 3.05) is 26.2 Å². The van der Waals surface area contributed by atoms with Crippen molar-refractivity contribution in [1.29, 1.82) is 0 Å². The molecule has 1 aliphatic rings. The SMILES string of the molecule is CC(C)OC(=NCCN1CCCC1)NC(=O)c1ccc(F)cc1. The van der Waals surface area contributed by atoms with Crippen LogP contribution in [0, 0.1) is 5.82 Å². The predicted octanol–water partition coefficient (Wildman–Crippen LogP) is 2.43. The van der Waals surface area contributed by atoms with E-state index >= 15 is 0 Å². The molecule has 1 aromatic carbocycles. The highest BCUT2D eigenvalue weighted by molar-refractivity contribution is 6.04. The number of rotatable bonds is 5. The van der Waals surface area contributed by atoms with Crippen molar-refractivity contribution >= 4 is 11.9 Å². The van der Waals surface area contributed by atoms with Crippen molar-refractivity contribution in [1.82, 2.24) is 10.2 Å². The number of amides is 1. The summed E-state index contributed by atoms with van der Waals surface area (Å²) in [5.41, 5.74) is 0.367. The molecule has 2 rings (SSSR count). The highest BCUT2D eigenvalue weighted by Gasteiger charge is 2.13. The van der Waals surface area contributed by atoms with Crippen molar-refractivity contribution in [3.05, 3.63) is 35.6 Å². The van der Waals surface area contributed by atoms with Gasteiger partial charge in [-0.15, -0.1) is 0 Å². The summed E-state index contributed by atoms with van der Waals surface area (Å²) in [5.74, 6) is -0.731. The van der Waals surface area contributed by atoms with Gasteiger partial charge in [0.2, 0.25) is 0 Å². The molecule has 0 radical (unpaired) electrons. The molecule has 1 amide bonds. The Hall–Kier alpha value is -1.95. The van der Waals surface area contributed by atoms with Gasteiger partial charge >= 0.3 is 0 Å². The molecule has 1 saturated heterocycles. The van der Waals surface area contributed by atoms with Gasteiger partial charge in [0.25, 0.3) is 11.9 Å². The highest BCUT2D eigenvalue weighted by Crippen LogP contribution is 2.06. The first kappa shape index (κ1) is 17.4. The van der Waals surface area contributed by atoms with Gasteiger partial charge in [0.1, 0.15) is 5.82 Å². The predicted molar refractivity (Wildman–Crippen MR) is 88.1 cm³/mol. The molecule has 6 heteroatoms. The number of hydrogen-bond acceptors (Lipinski definition) is 4. The number of halogens is 1. The number of hydrogen-bond donors (Lipinski definition) is 1. The van der Waals surface area contributed by atoms with Crippen LogP contribution in [0.2, 0.25) is 0 Å². The number of benzene rings is 1. The van der Waals surface area contributed by atoms with Crippen LogP contribution in [-0.4, -0.2) is 49.1 Å². The summed E-state index contributed by atoms with van der Waals surface area (Å²) in [7, 11) is 0. The average Bonchev–Trinajstić information content (AvgIpc) is 3.00. The largest absolute Gasteiger partial charge is 0.462 e. The standard InChI is InChI=1S/C17H24FN3O2/c1-13(2)23-17(19-9-12-21-10-3-4-11-21)20-16(22)14-5-7-15(18)8-6-14/h5-8,13H,3-4,9-12H2,1-2H3,(H,19,20,22). The number of nitrogens with one attached hydrogen (secondary N) is 1. The van der Waals surface area contributed by atoms with E-state index in [1.165, 1.54) is 37.1 Å². The van der Waals surface area contributed by atoms with E-state index in [-0.39, 0.29) is 23.9 Å². The number of likely N-dealkylation sites (tertiary alicyclic amines) is 1. The Morgan fingerprint density at radius 1 is 1.30 bits per heavy atom. The summed E-state index contributed by atoms with van der Waals surface area (Å²) in [5, 5.41) is 2.66. The lowest BCUT2D eigenvalue weighted by Gasteiger charge is -2.15. The zero-order chi connectivity index (χ0) is 16.7. The van der Waals surface area contributed by atoms with E-state index < -0.39 is 0 Å². The van der Waals surface area contributed by atoms with E-state index in [2.05, 4.69) is 15.2 Å². The molecule has 126 valence electrons. The van der Waals surface area contributed by atoms with Gasteiger partial charge in [0.05, 0.1) is 12.6 Å². The Bertz CT molecular complexity index is 537. The Labute approximate surface area is 136 Å². The molecule has 0 atom stereocenters. The highest BCUT2D eigenvalue weighted by atomic mass is 19.1. The topological polar surface area (TPSA) is 53.9 Å². The van der Waals surface area contributed by atoms with Crippen LogP contribution >= 0.6 is 0 Å². The van der Waals surface area contributed by atoms with E-state index in [4.69, 9.17) is 4.74 Å². The van der Waals surface area contributed by atoms with Gasteiger partial charge < -0.3 is 9.64 Å². The summed E-state index contributed by atoms with van der Waals surface area (Å²) in [6.45, 7) is 7.40. The van der Waals surface area contributed by atoms with Crippen LogP contribution in [0.4, 0.5) is 4.39 Å². The van der Waals surface area contributed by atoms with Crippen molar-refractivity contribution in [2.24, 2.45) is 4.99 Å². The number of aliphatic imine (C=N–C) groups is 1. The Kier molecular flexibility index (Phi) is 6.52. The first-order valence-corrected chi connectivity index (χ1v) is 8.05. The smallest absolute Gasteiger partial charge is 0.291 e. The van der Waals surface area contributed by atoms with Crippen molar-refractivity contribution < 1.29 is 13.9 Å². The molecule has 0 aromatic heterocycles. The van der Waals surface area contributed by atoms with Gasteiger partial charge in [-0.3, -0.25) is 10.1 Å². The molecule has 1 N–H and O–H groups in total. The van der Waals surface area contributed by atoms with E-state index in [1.54, 1.807) is 0 Å². The van der Waals surface area contributed by atoms with Crippen molar-refractivity contribution in [3.63, 3.8) is 0 Å². The second kappa shape index (κ2) is 8.62. The van der Waals surface area contributed by atoms with Gasteiger partial charge in [-0.25, -0.2) is 9.38 Å². The average molecular weight is 321 g/mol. The van der Waals surface area contributed by atoms with Crippen LogP contribution in [0.1, 0.15) is 37.0 Å². The molecular formula is C17H24FN3O2. The van der Waals surface area contributed by atoms with Gasteiger partial charge in [-0.1, -0.05) is 0 Å². The Balaban J connectivity index is 1.93. The monoisotopic (exact) mass is 321 g/mol. The zero-order valence-corrected chi connectivity index (χ0v) is 13.7. The second-order valence-electron chi connectivity index (χ2n) is 5.86. The maximum atomic E-state index is 12.9. The van der Waals surface area contributed by atoms with Crippen LogP contribution < -0.4 is 5.32 Å². The normalized spacial score (nSPS) is 15.9.